The number of esters is 2. The van der Waals surface area contributed by atoms with Gasteiger partial charge in [0.05, 0.1) is 26.4 Å². The van der Waals surface area contributed by atoms with Crippen molar-refractivity contribution in [2.75, 3.05) is 13.2 Å². The van der Waals surface area contributed by atoms with Crippen molar-refractivity contribution in [1.82, 2.24) is 9.13 Å². The van der Waals surface area contributed by atoms with Gasteiger partial charge in [0, 0.05) is 36.9 Å². The van der Waals surface area contributed by atoms with Gasteiger partial charge >= 0.3 is 11.9 Å². The average molecular weight is 511 g/mol. The Morgan fingerprint density at radius 1 is 0.763 bits per heavy atom. The average Bonchev–Trinajstić information content (AvgIpc) is 3.56. The third kappa shape index (κ3) is 7.59. The van der Waals surface area contributed by atoms with Crippen molar-refractivity contribution >= 4 is 24.1 Å². The number of hydrogen-bond acceptors (Lipinski definition) is 4. The molecule has 3 rings (SSSR count). The van der Waals surface area contributed by atoms with Crippen molar-refractivity contribution < 1.29 is 19.1 Å². The molecule has 0 N–H and O–H groups in total. The maximum Gasteiger partial charge on any atom is 0.336 e. The second-order valence-electron chi connectivity index (χ2n) is 8.50. The molecule has 8 nitrogen and oxygen atoms in total. The highest BCUT2D eigenvalue weighted by molar-refractivity contribution is 5.96. The summed E-state index contributed by atoms with van der Waals surface area (Å²) < 4.78 is 14.1. The Balaban J connectivity index is 1.77. The molecule has 0 aliphatic heterocycles. The second-order valence-corrected chi connectivity index (χ2v) is 8.50. The predicted molar refractivity (Wildman–Crippen MR) is 145 cm³/mol. The molecular weight excluding hydrogens is 480 g/mol. The minimum atomic E-state index is -0.617. The number of aromatic nitrogens is 2. The van der Waals surface area contributed by atoms with Crippen LogP contribution in [-0.4, -0.2) is 34.3 Å². The Kier molecular flexibility index (Phi) is 10.3. The van der Waals surface area contributed by atoms with Crippen molar-refractivity contribution in [2.24, 2.45) is 0 Å². The lowest BCUT2D eigenvalue weighted by Crippen LogP contribution is -2.08. The predicted octanol–water partition coefficient (Wildman–Crippen LogP) is 5.81. The minimum absolute atomic E-state index is 0.0577. The number of carbonyl (C=O) groups excluding carboxylic acids is 2. The third-order valence-electron chi connectivity index (χ3n) is 5.53. The first-order valence-electron chi connectivity index (χ1n) is 12.4. The number of nitrogens with zero attached hydrogens (tertiary/aromatic N) is 4. The van der Waals surface area contributed by atoms with Gasteiger partial charge in [0.2, 0.25) is 0 Å². The van der Waals surface area contributed by atoms with Crippen molar-refractivity contribution in [3.8, 4) is 0 Å². The Labute approximate surface area is 223 Å². The van der Waals surface area contributed by atoms with Crippen LogP contribution in [0.3, 0.4) is 0 Å². The van der Waals surface area contributed by atoms with E-state index in [-0.39, 0.29) is 24.6 Å². The van der Waals surface area contributed by atoms with E-state index in [0.29, 0.717) is 25.9 Å². The Bertz CT molecular complexity index is 1310. The fourth-order valence-corrected chi connectivity index (χ4v) is 3.72. The molecule has 0 atom stereocenters. The maximum atomic E-state index is 12.2. The summed E-state index contributed by atoms with van der Waals surface area (Å²) in [5.74, 6) is -1.23. The van der Waals surface area contributed by atoms with E-state index in [0.717, 1.165) is 22.5 Å². The van der Waals surface area contributed by atoms with Gasteiger partial charge in [-0.05, 0) is 60.4 Å². The van der Waals surface area contributed by atoms with Crippen LogP contribution in [0.1, 0.15) is 49.2 Å². The van der Waals surface area contributed by atoms with Gasteiger partial charge in [-0.15, -0.1) is 0 Å². The molecule has 38 heavy (non-hydrogen) atoms. The fraction of sp³-hybridized carbons (Fsp3) is 0.267. The lowest BCUT2D eigenvalue weighted by molar-refractivity contribution is -0.139. The zero-order chi connectivity index (χ0) is 27.3. The van der Waals surface area contributed by atoms with E-state index in [9.17, 15) is 9.59 Å². The number of benzene rings is 1. The van der Waals surface area contributed by atoms with Crippen molar-refractivity contribution in [3.63, 3.8) is 0 Å². The summed E-state index contributed by atoms with van der Waals surface area (Å²) in [6.45, 7) is 20.2. The standard InChI is InChI=1S/C30H30N4O4/c1-5-16-37-29(35)27(31-3)19-25-12-8-14-33(25)21-23-10-7-11-24(18-23)22-34-15-9-13-26(34)20-28(32-4)30(36)38-17-6-2/h7-15,18-20H,5-6,16-17,21-22H2,1-2H3. The van der Waals surface area contributed by atoms with Crippen LogP contribution in [0.25, 0.3) is 21.8 Å². The van der Waals surface area contributed by atoms with Gasteiger partial charge in [0.1, 0.15) is 0 Å². The largest absolute Gasteiger partial charge is 0.471 e. The normalized spacial score (nSPS) is 11.5. The summed E-state index contributed by atoms with van der Waals surface area (Å²) in [6, 6.07) is 15.5. The molecule has 0 amide bonds. The van der Waals surface area contributed by atoms with Crippen LogP contribution in [0.5, 0.6) is 0 Å². The van der Waals surface area contributed by atoms with Gasteiger partial charge in [-0.25, -0.2) is 9.69 Å². The Hall–Kier alpha value is -4.82. The van der Waals surface area contributed by atoms with Gasteiger partial charge in [0.25, 0.3) is 11.4 Å². The van der Waals surface area contributed by atoms with E-state index < -0.39 is 11.9 Å². The molecular formula is C30H30N4O4. The lowest BCUT2D eigenvalue weighted by atomic mass is 10.1. The molecule has 2 heterocycles. The summed E-state index contributed by atoms with van der Waals surface area (Å²) in [5.41, 5.74) is 3.43. The second kappa shape index (κ2) is 14.1. The molecule has 0 aliphatic carbocycles. The van der Waals surface area contributed by atoms with Crippen molar-refractivity contribution in [2.45, 2.75) is 39.8 Å². The van der Waals surface area contributed by atoms with Crippen LogP contribution in [0.15, 0.2) is 72.3 Å². The summed E-state index contributed by atoms with van der Waals surface area (Å²) in [4.78, 5) is 31.0. The quantitative estimate of drug-likeness (QED) is 0.175. The van der Waals surface area contributed by atoms with E-state index in [1.807, 2.05) is 77.8 Å². The van der Waals surface area contributed by atoms with Crippen LogP contribution < -0.4 is 0 Å². The van der Waals surface area contributed by atoms with Gasteiger partial charge in [-0.2, -0.15) is 0 Å². The molecule has 0 fully saturated rings. The molecule has 1 aromatic carbocycles. The molecule has 0 aliphatic rings. The first kappa shape index (κ1) is 27.8. The number of ether oxygens (including phenoxy) is 2. The van der Waals surface area contributed by atoms with Crippen LogP contribution in [0, 0.1) is 13.1 Å². The summed E-state index contributed by atoms with van der Waals surface area (Å²) in [6.07, 6.45) is 8.28. The van der Waals surface area contributed by atoms with Crippen LogP contribution in [0.4, 0.5) is 0 Å². The zero-order valence-corrected chi connectivity index (χ0v) is 21.6. The first-order valence-corrected chi connectivity index (χ1v) is 12.4. The monoisotopic (exact) mass is 510 g/mol. The molecule has 0 spiro atoms. The first-order chi connectivity index (χ1) is 18.5. The number of hydrogen-bond donors (Lipinski definition) is 0. The molecule has 3 aromatic rings. The van der Waals surface area contributed by atoms with Crippen molar-refractivity contribution in [3.05, 3.63) is 118 Å². The Morgan fingerprint density at radius 2 is 1.21 bits per heavy atom. The molecule has 0 saturated carbocycles. The highest BCUT2D eigenvalue weighted by atomic mass is 16.5. The topological polar surface area (TPSA) is 71.2 Å². The maximum absolute atomic E-state index is 12.2. The van der Waals surface area contributed by atoms with Gasteiger partial charge < -0.3 is 18.6 Å². The van der Waals surface area contributed by atoms with Gasteiger partial charge in [0.15, 0.2) is 0 Å². The third-order valence-corrected chi connectivity index (χ3v) is 5.53. The highest BCUT2D eigenvalue weighted by Gasteiger charge is 2.14. The molecule has 194 valence electrons. The summed E-state index contributed by atoms with van der Waals surface area (Å²) in [7, 11) is 0. The Morgan fingerprint density at radius 3 is 1.61 bits per heavy atom. The summed E-state index contributed by atoms with van der Waals surface area (Å²) in [5, 5.41) is 0. The smallest absolute Gasteiger partial charge is 0.336 e. The van der Waals surface area contributed by atoms with Crippen LogP contribution in [0.2, 0.25) is 0 Å². The van der Waals surface area contributed by atoms with E-state index in [4.69, 9.17) is 22.6 Å². The van der Waals surface area contributed by atoms with Crippen LogP contribution >= 0.6 is 0 Å². The van der Waals surface area contributed by atoms with E-state index in [1.165, 1.54) is 0 Å². The molecule has 2 aromatic heterocycles. The SMILES string of the molecule is [C-]#[N+]C(=Cc1cccn1Cc1cccc(Cn2cccc2C=C([N+]#[C-])C(=O)OCCC)c1)C(=O)OCCC. The van der Waals surface area contributed by atoms with Crippen LogP contribution in [-0.2, 0) is 32.2 Å². The molecule has 0 radical (unpaired) electrons. The van der Waals surface area contributed by atoms with E-state index >= 15 is 0 Å². The van der Waals surface area contributed by atoms with Crippen molar-refractivity contribution in [1.29, 1.82) is 0 Å². The highest BCUT2D eigenvalue weighted by Crippen LogP contribution is 2.17. The minimum Gasteiger partial charge on any atom is -0.471 e. The number of carbonyl (C=O) groups is 2. The molecule has 0 saturated heterocycles. The number of rotatable bonds is 12. The van der Waals surface area contributed by atoms with Gasteiger partial charge in [-0.1, -0.05) is 38.1 Å². The fourth-order valence-electron chi connectivity index (χ4n) is 3.72. The lowest BCUT2D eigenvalue weighted by Gasteiger charge is -2.11. The zero-order valence-electron chi connectivity index (χ0n) is 21.6. The molecule has 8 heteroatoms. The molecule has 0 unspecified atom stereocenters. The van der Waals surface area contributed by atoms with E-state index in [2.05, 4.69) is 15.8 Å². The van der Waals surface area contributed by atoms with E-state index in [1.54, 1.807) is 12.2 Å². The summed E-state index contributed by atoms with van der Waals surface area (Å²) >= 11 is 0. The van der Waals surface area contributed by atoms with Gasteiger partial charge in [-0.3, -0.25) is 9.59 Å². The molecule has 0 bridgehead atoms.